The number of halogens is 2. The molecule has 5 heteroatoms. The lowest BCUT2D eigenvalue weighted by atomic mass is 9.71. The molecule has 2 aliphatic rings. The molecule has 0 amide bonds. The summed E-state index contributed by atoms with van der Waals surface area (Å²) in [4.78, 5) is 0. The van der Waals surface area contributed by atoms with E-state index in [1.165, 1.54) is 6.07 Å². The zero-order valence-electron chi connectivity index (χ0n) is 24.6. The Balaban J connectivity index is 1.56. The fraction of sp³-hybridized carbons (Fsp3) is 0.211. The SMILES string of the molecule is CCC1(CC)c2c(F)cc(F)cc2-c2c1c1c(c3ccccc23)OC(c2ccc(OC)cc2)(c2ccc(OC)cc2)C=C1. The van der Waals surface area contributed by atoms with Gasteiger partial charge in [0.15, 0.2) is 5.60 Å². The van der Waals surface area contributed by atoms with E-state index in [2.05, 4.69) is 26.0 Å². The first-order valence-electron chi connectivity index (χ1n) is 14.7. The molecule has 0 atom stereocenters. The lowest BCUT2D eigenvalue weighted by Gasteiger charge is -2.39. The minimum Gasteiger partial charge on any atom is -0.497 e. The topological polar surface area (TPSA) is 27.7 Å². The van der Waals surface area contributed by atoms with Crippen LogP contribution in [0.1, 0.15) is 54.5 Å². The van der Waals surface area contributed by atoms with E-state index in [9.17, 15) is 4.39 Å². The van der Waals surface area contributed by atoms with Crippen molar-refractivity contribution in [2.24, 2.45) is 0 Å². The number of rotatable bonds is 6. The summed E-state index contributed by atoms with van der Waals surface area (Å²) in [6.45, 7) is 4.17. The van der Waals surface area contributed by atoms with Gasteiger partial charge in [0.1, 0.15) is 28.9 Å². The monoisotopic (exact) mass is 574 g/mol. The van der Waals surface area contributed by atoms with Crippen LogP contribution in [0.5, 0.6) is 17.2 Å². The number of hydrogen-bond acceptors (Lipinski definition) is 3. The molecular formula is C38H32F2O3. The van der Waals surface area contributed by atoms with Crippen LogP contribution in [-0.2, 0) is 11.0 Å². The summed E-state index contributed by atoms with van der Waals surface area (Å²) in [7, 11) is 3.29. The molecule has 0 unspecified atom stereocenters. The van der Waals surface area contributed by atoms with Crippen LogP contribution in [0.4, 0.5) is 8.78 Å². The summed E-state index contributed by atoms with van der Waals surface area (Å²) >= 11 is 0. The van der Waals surface area contributed by atoms with E-state index in [1.807, 2.05) is 72.8 Å². The van der Waals surface area contributed by atoms with Gasteiger partial charge >= 0.3 is 0 Å². The van der Waals surface area contributed by atoms with Crippen molar-refractivity contribution < 1.29 is 23.0 Å². The van der Waals surface area contributed by atoms with E-state index in [0.717, 1.165) is 61.9 Å². The summed E-state index contributed by atoms with van der Waals surface area (Å²) in [5, 5.41) is 1.81. The Morgan fingerprint density at radius 2 is 1.30 bits per heavy atom. The third-order valence-corrected chi connectivity index (χ3v) is 9.48. The molecule has 1 aliphatic carbocycles. The fourth-order valence-corrected chi connectivity index (χ4v) is 7.36. The second-order valence-electron chi connectivity index (χ2n) is 11.3. The molecule has 7 rings (SSSR count). The van der Waals surface area contributed by atoms with Crippen molar-refractivity contribution in [2.45, 2.75) is 37.7 Å². The molecule has 1 heterocycles. The zero-order chi connectivity index (χ0) is 29.9. The highest BCUT2D eigenvalue weighted by Crippen LogP contribution is 2.61. The van der Waals surface area contributed by atoms with Crippen LogP contribution in [0.2, 0.25) is 0 Å². The lowest BCUT2D eigenvalue weighted by molar-refractivity contribution is 0.163. The molecule has 5 aromatic rings. The van der Waals surface area contributed by atoms with E-state index >= 15 is 4.39 Å². The Labute approximate surface area is 250 Å². The third kappa shape index (κ3) is 3.77. The number of ether oxygens (including phenoxy) is 3. The number of fused-ring (bicyclic) bond motifs is 8. The largest absolute Gasteiger partial charge is 0.497 e. The molecule has 0 saturated carbocycles. The van der Waals surface area contributed by atoms with Gasteiger partial charge in [-0.25, -0.2) is 8.78 Å². The Hall–Kier alpha value is -4.64. The smallest absolute Gasteiger partial charge is 0.178 e. The molecule has 0 fully saturated rings. The Morgan fingerprint density at radius 3 is 1.86 bits per heavy atom. The van der Waals surface area contributed by atoms with Crippen LogP contribution in [0.15, 0.2) is 91.0 Å². The van der Waals surface area contributed by atoms with Gasteiger partial charge in [0.05, 0.1) is 14.2 Å². The van der Waals surface area contributed by atoms with Gasteiger partial charge in [-0.2, -0.15) is 0 Å². The van der Waals surface area contributed by atoms with Gasteiger partial charge < -0.3 is 14.2 Å². The van der Waals surface area contributed by atoms with Crippen LogP contribution in [0.3, 0.4) is 0 Å². The van der Waals surface area contributed by atoms with Crippen molar-refractivity contribution in [3.8, 4) is 28.4 Å². The van der Waals surface area contributed by atoms with Crippen molar-refractivity contribution in [1.29, 1.82) is 0 Å². The first kappa shape index (κ1) is 27.2. The van der Waals surface area contributed by atoms with Crippen LogP contribution in [-0.4, -0.2) is 14.2 Å². The minimum absolute atomic E-state index is 0.501. The highest BCUT2D eigenvalue weighted by molar-refractivity contribution is 6.08. The lowest BCUT2D eigenvalue weighted by Crippen LogP contribution is -2.35. The highest BCUT2D eigenvalue weighted by Gasteiger charge is 2.48. The van der Waals surface area contributed by atoms with Crippen LogP contribution < -0.4 is 14.2 Å². The molecule has 0 saturated heterocycles. The standard InChI is InChI=1S/C38H32F2O3/c1-5-37(6-2)34-31(21-25(39)22-32(34)40)33-28-9-7-8-10-29(28)36-30(35(33)37)19-20-38(43-36,23-11-15-26(41-3)16-12-23)24-13-17-27(42-4)18-14-24/h7-22H,5-6H2,1-4H3. The summed E-state index contributed by atoms with van der Waals surface area (Å²) in [6.07, 6.45) is 5.53. The predicted octanol–water partition coefficient (Wildman–Crippen LogP) is 9.57. The van der Waals surface area contributed by atoms with Gasteiger partial charge in [-0.15, -0.1) is 0 Å². The molecule has 0 bridgehead atoms. The summed E-state index contributed by atoms with van der Waals surface area (Å²) in [5.41, 5.74) is 4.26. The second kappa shape index (κ2) is 9.98. The van der Waals surface area contributed by atoms with Crippen molar-refractivity contribution >= 4 is 16.8 Å². The maximum absolute atomic E-state index is 15.8. The summed E-state index contributed by atoms with van der Waals surface area (Å²) in [5.74, 6) is 1.15. The molecule has 0 aromatic heterocycles. The Bertz CT molecular complexity index is 1850. The van der Waals surface area contributed by atoms with E-state index in [-0.39, 0.29) is 0 Å². The fourth-order valence-electron chi connectivity index (χ4n) is 7.36. The van der Waals surface area contributed by atoms with Gasteiger partial charge in [-0.05, 0) is 71.3 Å². The quantitative estimate of drug-likeness (QED) is 0.202. The normalized spacial score (nSPS) is 15.4. The van der Waals surface area contributed by atoms with Gasteiger partial charge in [0.25, 0.3) is 0 Å². The number of benzene rings is 5. The molecule has 3 nitrogen and oxygen atoms in total. The third-order valence-electron chi connectivity index (χ3n) is 9.48. The van der Waals surface area contributed by atoms with Crippen molar-refractivity contribution in [3.05, 3.63) is 130 Å². The molecule has 216 valence electrons. The maximum atomic E-state index is 15.8. The molecule has 0 spiro atoms. The minimum atomic E-state index is -0.966. The number of methoxy groups -OCH3 is 2. The first-order chi connectivity index (χ1) is 20.9. The highest BCUT2D eigenvalue weighted by atomic mass is 19.1. The van der Waals surface area contributed by atoms with Crippen LogP contribution >= 0.6 is 0 Å². The molecule has 43 heavy (non-hydrogen) atoms. The van der Waals surface area contributed by atoms with Crippen LogP contribution in [0.25, 0.3) is 28.0 Å². The molecular weight excluding hydrogens is 542 g/mol. The first-order valence-corrected chi connectivity index (χ1v) is 14.7. The van der Waals surface area contributed by atoms with Gasteiger partial charge in [0.2, 0.25) is 0 Å². The van der Waals surface area contributed by atoms with Gasteiger partial charge in [-0.1, -0.05) is 68.5 Å². The molecule has 1 aliphatic heterocycles. The average molecular weight is 575 g/mol. The van der Waals surface area contributed by atoms with Crippen LogP contribution in [0, 0.1) is 11.6 Å². The Kier molecular flexibility index (Phi) is 6.31. The molecule has 0 radical (unpaired) electrons. The van der Waals surface area contributed by atoms with E-state index in [4.69, 9.17) is 14.2 Å². The predicted molar refractivity (Wildman–Crippen MR) is 167 cm³/mol. The zero-order valence-corrected chi connectivity index (χ0v) is 24.6. The molecule has 5 aromatic carbocycles. The van der Waals surface area contributed by atoms with Crippen molar-refractivity contribution in [2.75, 3.05) is 14.2 Å². The van der Waals surface area contributed by atoms with E-state index < -0.39 is 22.7 Å². The Morgan fingerprint density at radius 1 is 0.721 bits per heavy atom. The summed E-state index contributed by atoms with van der Waals surface area (Å²) in [6, 6.07) is 26.3. The van der Waals surface area contributed by atoms with Gasteiger partial charge in [-0.3, -0.25) is 0 Å². The van der Waals surface area contributed by atoms with Crippen molar-refractivity contribution in [1.82, 2.24) is 0 Å². The van der Waals surface area contributed by atoms with E-state index in [1.54, 1.807) is 14.2 Å². The molecule has 0 N–H and O–H groups in total. The van der Waals surface area contributed by atoms with Gasteiger partial charge in [0, 0.05) is 39.1 Å². The van der Waals surface area contributed by atoms with Crippen molar-refractivity contribution in [3.63, 3.8) is 0 Å². The number of hydrogen-bond donors (Lipinski definition) is 0. The summed E-state index contributed by atoms with van der Waals surface area (Å²) < 4.78 is 48.8. The second-order valence-corrected chi connectivity index (χ2v) is 11.3. The maximum Gasteiger partial charge on any atom is 0.178 e. The van der Waals surface area contributed by atoms with E-state index in [0.29, 0.717) is 24.0 Å². The average Bonchev–Trinajstić information content (AvgIpc) is 3.35.